The van der Waals surface area contributed by atoms with Crippen molar-refractivity contribution in [2.75, 3.05) is 28.3 Å². The molecule has 0 unspecified atom stereocenters. The largest absolute Gasteiger partial charge is 0.508 e. The maximum Gasteiger partial charge on any atom is 0.246 e. The first kappa shape index (κ1) is 40.9. The number of rotatable bonds is 3. The molecule has 6 amide bonds. The molecule has 1 saturated heterocycles. The predicted octanol–water partition coefficient (Wildman–Crippen LogP) is 1.25. The number of hydrogen-bond donors (Lipinski definition) is 5. The Labute approximate surface area is 324 Å². The van der Waals surface area contributed by atoms with Crippen LogP contribution in [0.25, 0.3) is 0 Å². The first-order valence-electron chi connectivity index (χ1n) is 18.1. The van der Waals surface area contributed by atoms with Crippen LogP contribution in [0.4, 0.5) is 0 Å². The molecule has 3 aliphatic heterocycles. The van der Waals surface area contributed by atoms with E-state index in [1.165, 1.54) is 88.0 Å². The number of carbonyl (C=O) groups excluding carboxylic acids is 6. The fourth-order valence-electron chi connectivity index (χ4n) is 6.78. The topological polar surface area (TPSA) is 207 Å². The van der Waals surface area contributed by atoms with Crippen LogP contribution in [0.15, 0.2) is 60.7 Å². The monoisotopic (exact) mass is 772 g/mol. The average molecular weight is 773 g/mol. The second-order valence-electron chi connectivity index (χ2n) is 14.3. The second kappa shape index (κ2) is 17.0. The number of nitrogens with zero attached hydrogens (tertiary/aromatic N) is 3. The van der Waals surface area contributed by atoms with Gasteiger partial charge < -0.3 is 50.3 Å². The third-order valence-corrected chi connectivity index (χ3v) is 10.2. The van der Waals surface area contributed by atoms with Crippen LogP contribution in [-0.2, 0) is 48.0 Å². The molecule has 0 aliphatic carbocycles. The zero-order valence-corrected chi connectivity index (χ0v) is 32.4. The van der Waals surface area contributed by atoms with Gasteiger partial charge in [-0.1, -0.05) is 24.3 Å². The first-order chi connectivity index (χ1) is 26.5. The number of ether oxygens (including phenoxy) is 2. The quantitative estimate of drug-likeness (QED) is 0.258. The van der Waals surface area contributed by atoms with E-state index in [0.29, 0.717) is 22.4 Å². The summed E-state index contributed by atoms with van der Waals surface area (Å²) in [6.07, 6.45) is -0.185. The van der Waals surface area contributed by atoms with Gasteiger partial charge in [-0.3, -0.25) is 28.8 Å². The fourth-order valence-corrected chi connectivity index (χ4v) is 6.78. The van der Waals surface area contributed by atoms with Crippen LogP contribution in [0.1, 0.15) is 37.5 Å². The van der Waals surface area contributed by atoms with E-state index in [0.717, 1.165) is 0 Å². The van der Waals surface area contributed by atoms with Gasteiger partial charge in [0.2, 0.25) is 35.4 Å². The van der Waals surface area contributed by atoms with Gasteiger partial charge in [-0.05, 0) is 73.9 Å². The minimum atomic E-state index is -1.25. The summed E-state index contributed by atoms with van der Waals surface area (Å²) in [5.41, 5.74) is 1.59. The van der Waals surface area contributed by atoms with E-state index in [1.807, 2.05) is 0 Å². The van der Waals surface area contributed by atoms with Crippen LogP contribution in [0.3, 0.4) is 0 Å². The van der Waals surface area contributed by atoms with Gasteiger partial charge in [0.1, 0.15) is 42.0 Å². The number of nitrogens with one attached hydrogen (secondary N) is 3. The summed E-state index contributed by atoms with van der Waals surface area (Å²) < 4.78 is 11.5. The molecule has 6 bridgehead atoms. The SMILES string of the molecule is COc1ccc2cc1Oc1ccc(cc1O)C[C@H]1C(=O)N(C)[C@@H](C2)C(=O)N[C@H](C)C(=O)N[C@@H](C)C(=O)N(C)[C@@H](Cc2ccc(O)cc2)C(=O)N[C@@H](C)C(=O)N1C. The summed E-state index contributed by atoms with van der Waals surface area (Å²) in [6, 6.07) is 8.38. The van der Waals surface area contributed by atoms with Gasteiger partial charge in [0.25, 0.3) is 0 Å². The number of phenols is 2. The number of fused-ring (bicyclic) bond motifs is 2. The lowest BCUT2D eigenvalue weighted by Gasteiger charge is -2.36. The third-order valence-electron chi connectivity index (χ3n) is 10.2. The molecule has 56 heavy (non-hydrogen) atoms. The summed E-state index contributed by atoms with van der Waals surface area (Å²) in [5, 5.41) is 28.8. The third kappa shape index (κ3) is 8.96. The molecular formula is C40H48N6O10. The normalized spacial score (nSPS) is 24.4. The number of amides is 6. The van der Waals surface area contributed by atoms with Crippen molar-refractivity contribution < 1.29 is 48.5 Å². The van der Waals surface area contributed by atoms with Crippen molar-refractivity contribution in [2.24, 2.45) is 0 Å². The molecule has 0 radical (unpaired) electrons. The number of aromatic hydroxyl groups is 2. The molecule has 5 N–H and O–H groups in total. The number of likely N-dealkylation sites (N-methyl/N-ethyl adjacent to an activating group) is 3. The van der Waals surface area contributed by atoms with Crippen LogP contribution < -0.4 is 25.4 Å². The van der Waals surface area contributed by atoms with Gasteiger partial charge in [-0.25, -0.2) is 0 Å². The Morgan fingerprint density at radius 3 is 1.84 bits per heavy atom. The summed E-state index contributed by atoms with van der Waals surface area (Å²) in [5.74, 6) is -3.52. The van der Waals surface area contributed by atoms with E-state index < -0.39 is 71.7 Å². The zero-order chi connectivity index (χ0) is 41.0. The molecule has 6 atom stereocenters. The molecule has 3 aromatic carbocycles. The predicted molar refractivity (Wildman–Crippen MR) is 203 cm³/mol. The molecule has 6 rings (SSSR count). The van der Waals surface area contributed by atoms with E-state index in [1.54, 1.807) is 36.4 Å². The Hall–Kier alpha value is -6.32. The molecule has 3 aliphatic rings. The molecular weight excluding hydrogens is 724 g/mol. The average Bonchev–Trinajstić information content (AvgIpc) is 3.17. The van der Waals surface area contributed by atoms with Crippen molar-refractivity contribution in [2.45, 2.75) is 76.3 Å². The van der Waals surface area contributed by atoms with Crippen molar-refractivity contribution in [1.29, 1.82) is 0 Å². The molecule has 16 heteroatoms. The maximum atomic E-state index is 14.6. The van der Waals surface area contributed by atoms with Gasteiger partial charge in [0.05, 0.1) is 7.11 Å². The van der Waals surface area contributed by atoms with Crippen LogP contribution >= 0.6 is 0 Å². The highest BCUT2D eigenvalue weighted by atomic mass is 16.5. The van der Waals surface area contributed by atoms with Crippen LogP contribution in [0.5, 0.6) is 28.7 Å². The van der Waals surface area contributed by atoms with E-state index in [2.05, 4.69) is 16.0 Å². The molecule has 0 saturated carbocycles. The van der Waals surface area contributed by atoms with E-state index in [4.69, 9.17) is 9.47 Å². The summed E-state index contributed by atoms with van der Waals surface area (Å²) >= 11 is 0. The molecule has 0 spiro atoms. The Morgan fingerprint density at radius 2 is 1.20 bits per heavy atom. The number of benzene rings is 3. The van der Waals surface area contributed by atoms with Crippen molar-refractivity contribution in [3.63, 3.8) is 0 Å². The lowest BCUT2D eigenvalue weighted by Crippen LogP contribution is -2.61. The zero-order valence-electron chi connectivity index (χ0n) is 32.4. The second-order valence-corrected chi connectivity index (χ2v) is 14.3. The lowest BCUT2D eigenvalue weighted by atomic mass is 9.98. The van der Waals surface area contributed by atoms with Crippen molar-refractivity contribution in [1.82, 2.24) is 30.7 Å². The Morgan fingerprint density at radius 1 is 0.643 bits per heavy atom. The first-order valence-corrected chi connectivity index (χ1v) is 18.1. The van der Waals surface area contributed by atoms with Gasteiger partial charge in [-0.2, -0.15) is 0 Å². The van der Waals surface area contributed by atoms with Crippen LogP contribution in [0.2, 0.25) is 0 Å². The van der Waals surface area contributed by atoms with E-state index in [9.17, 15) is 39.0 Å². The molecule has 3 heterocycles. The molecule has 16 nitrogen and oxygen atoms in total. The highest BCUT2D eigenvalue weighted by Crippen LogP contribution is 2.38. The number of carbonyl (C=O) groups is 6. The van der Waals surface area contributed by atoms with Gasteiger partial charge >= 0.3 is 0 Å². The van der Waals surface area contributed by atoms with Gasteiger partial charge in [0, 0.05) is 40.4 Å². The standard InChI is InChI=1S/C40H48N6O10/c1-21-35(49)42-22(2)38(52)44(4)28(16-24-8-12-27(47)13-9-24)37(51)43-23(3)39(53)46(6)30-18-25-10-14-32(31(48)19-25)56-34-20-26(11-15-33(34)55-7)17-29(36(50)41-21)45(5)40(30)54/h8-15,19-23,28-30,47-48H,16-18H2,1-7H3,(H,41,50)(H,42,49)(H,43,51)/t21-,22+,23+,28+,29+,30+/m1/s1. The van der Waals surface area contributed by atoms with E-state index >= 15 is 0 Å². The number of hydrogen-bond acceptors (Lipinski definition) is 10. The summed E-state index contributed by atoms with van der Waals surface area (Å²) in [4.78, 5) is 87.7. The highest BCUT2D eigenvalue weighted by Gasteiger charge is 2.39. The molecule has 298 valence electrons. The smallest absolute Gasteiger partial charge is 0.246 e. The Kier molecular flexibility index (Phi) is 12.4. The minimum Gasteiger partial charge on any atom is -0.508 e. The molecule has 0 aromatic heterocycles. The Balaban J connectivity index is 1.60. The van der Waals surface area contributed by atoms with Crippen LogP contribution in [0, 0.1) is 0 Å². The fraction of sp³-hybridized carbons (Fsp3) is 0.400. The summed E-state index contributed by atoms with van der Waals surface area (Å²) in [7, 11) is 5.68. The highest BCUT2D eigenvalue weighted by molar-refractivity contribution is 5.98. The van der Waals surface area contributed by atoms with Crippen LogP contribution in [-0.4, -0.2) is 125 Å². The number of methoxy groups -OCH3 is 1. The van der Waals surface area contributed by atoms with Gasteiger partial charge in [0.15, 0.2) is 23.0 Å². The van der Waals surface area contributed by atoms with E-state index in [-0.39, 0.29) is 42.3 Å². The lowest BCUT2D eigenvalue weighted by molar-refractivity contribution is -0.149. The molecule has 1 fully saturated rings. The molecule has 3 aromatic rings. The van der Waals surface area contributed by atoms with Gasteiger partial charge in [-0.15, -0.1) is 0 Å². The summed E-state index contributed by atoms with van der Waals surface area (Å²) in [6.45, 7) is 4.33. The van der Waals surface area contributed by atoms with Crippen molar-refractivity contribution >= 4 is 35.4 Å². The number of phenolic OH excluding ortho intramolecular Hbond substituents is 2. The van der Waals surface area contributed by atoms with Crippen molar-refractivity contribution in [3.8, 4) is 28.7 Å². The minimum absolute atomic E-state index is 0.00536. The Bertz CT molecular complexity index is 2010. The van der Waals surface area contributed by atoms with Crippen molar-refractivity contribution in [3.05, 3.63) is 77.4 Å². The maximum absolute atomic E-state index is 14.6.